The van der Waals surface area contributed by atoms with Crippen LogP contribution >= 0.6 is 23.2 Å². The van der Waals surface area contributed by atoms with Gasteiger partial charge in [-0.25, -0.2) is 4.79 Å². The fraction of sp³-hybridized carbons (Fsp3) is 0.306. The average Bonchev–Trinajstić information content (AvgIpc) is 3.01. The molecule has 1 amide bonds. The molecule has 0 spiro atoms. The van der Waals surface area contributed by atoms with Crippen molar-refractivity contribution in [3.63, 3.8) is 0 Å². The molecule has 0 N–H and O–H groups in total. The van der Waals surface area contributed by atoms with E-state index in [1.165, 1.54) is 10.5 Å². The van der Waals surface area contributed by atoms with Crippen LogP contribution in [0.5, 0.6) is 0 Å². The topological polar surface area (TPSA) is 80.4 Å². The SMILES string of the molecule is C.C.C.CN1CCC(c2ccc(Cl)cc2C#N)CC1.N#Cc1cc(Cl)ccc1C1C=CN(C(=O)OCc2ccccc2)C=C1.[HH]. The molecular weight excluding hydrogens is 591 g/mol. The molecule has 0 unspecified atom stereocenters. The van der Waals surface area contributed by atoms with Crippen molar-refractivity contribution in [1.82, 2.24) is 9.80 Å². The summed E-state index contributed by atoms with van der Waals surface area (Å²) in [6, 6.07) is 24.8. The molecule has 2 heterocycles. The van der Waals surface area contributed by atoms with Crippen molar-refractivity contribution >= 4 is 29.3 Å². The first kappa shape index (κ1) is 38.0. The van der Waals surface area contributed by atoms with E-state index in [4.69, 9.17) is 33.2 Å². The number of allylic oxidation sites excluding steroid dienone is 2. The minimum atomic E-state index is -0.452. The number of hydrogen-bond acceptors (Lipinski definition) is 5. The van der Waals surface area contributed by atoms with Crippen LogP contribution in [0.15, 0.2) is 91.3 Å². The molecule has 5 rings (SSSR count). The van der Waals surface area contributed by atoms with Gasteiger partial charge in [0.2, 0.25) is 0 Å². The highest BCUT2D eigenvalue weighted by Crippen LogP contribution is 2.31. The number of benzene rings is 3. The first-order valence-electron chi connectivity index (χ1n) is 13.3. The predicted octanol–water partition coefficient (Wildman–Crippen LogP) is 10.2. The number of carbonyl (C=O) groups excluding carboxylic acids is 1. The summed E-state index contributed by atoms with van der Waals surface area (Å²) in [4.78, 5) is 15.8. The van der Waals surface area contributed by atoms with Crippen molar-refractivity contribution in [2.75, 3.05) is 20.1 Å². The maximum absolute atomic E-state index is 12.1. The maximum Gasteiger partial charge on any atom is 0.418 e. The van der Waals surface area contributed by atoms with Crippen LogP contribution in [0.1, 0.15) is 76.2 Å². The van der Waals surface area contributed by atoms with E-state index < -0.39 is 6.09 Å². The van der Waals surface area contributed by atoms with Gasteiger partial charge in [0, 0.05) is 29.8 Å². The minimum Gasteiger partial charge on any atom is -0.444 e. The number of hydrogen-bond donors (Lipinski definition) is 0. The molecule has 2 aliphatic heterocycles. The molecule has 6 nitrogen and oxygen atoms in total. The molecule has 0 aliphatic carbocycles. The van der Waals surface area contributed by atoms with Gasteiger partial charge in [-0.05, 0) is 79.9 Å². The van der Waals surface area contributed by atoms with Crippen LogP contribution in [0.2, 0.25) is 10.0 Å². The van der Waals surface area contributed by atoms with Gasteiger partial charge in [0.1, 0.15) is 6.61 Å². The smallest absolute Gasteiger partial charge is 0.418 e. The van der Waals surface area contributed by atoms with E-state index >= 15 is 0 Å². The van der Waals surface area contributed by atoms with Crippen molar-refractivity contribution in [2.45, 2.75) is 53.6 Å². The summed E-state index contributed by atoms with van der Waals surface area (Å²) in [7, 11) is 2.14. The van der Waals surface area contributed by atoms with E-state index in [1.54, 1.807) is 30.6 Å². The largest absolute Gasteiger partial charge is 0.444 e. The third kappa shape index (κ3) is 10.3. The second kappa shape index (κ2) is 18.6. The Morgan fingerprint density at radius 1 is 0.864 bits per heavy atom. The first-order chi connectivity index (χ1) is 19.9. The van der Waals surface area contributed by atoms with Crippen molar-refractivity contribution in [3.8, 4) is 12.1 Å². The Labute approximate surface area is 274 Å². The number of nitrogens with zero attached hydrogens (tertiary/aromatic N) is 4. The molecule has 1 fully saturated rings. The molecule has 0 atom stereocenters. The van der Waals surface area contributed by atoms with Crippen molar-refractivity contribution in [3.05, 3.63) is 129 Å². The Balaban J connectivity index is 0.000000852. The average molecular weight is 636 g/mol. The highest BCUT2D eigenvalue weighted by Gasteiger charge is 2.21. The summed E-state index contributed by atoms with van der Waals surface area (Å²) in [5.41, 5.74) is 4.20. The Bertz CT molecular complexity index is 1490. The third-order valence-electron chi connectivity index (χ3n) is 7.11. The molecule has 8 heteroatoms. The number of halogens is 2. The normalized spacial score (nSPS) is 14.3. The van der Waals surface area contributed by atoms with Crippen LogP contribution in [-0.4, -0.2) is 36.0 Å². The summed E-state index contributed by atoms with van der Waals surface area (Å²) >= 11 is 11.8. The number of ether oxygens (including phenoxy) is 1. The van der Waals surface area contributed by atoms with Gasteiger partial charge in [-0.15, -0.1) is 0 Å². The molecule has 234 valence electrons. The van der Waals surface area contributed by atoms with Gasteiger partial charge in [0.25, 0.3) is 0 Å². The molecule has 2 aliphatic rings. The highest BCUT2D eigenvalue weighted by molar-refractivity contribution is 6.31. The van der Waals surface area contributed by atoms with E-state index in [2.05, 4.69) is 24.1 Å². The van der Waals surface area contributed by atoms with E-state index in [0.29, 0.717) is 21.5 Å². The van der Waals surface area contributed by atoms with Gasteiger partial charge in [-0.1, -0.05) is 100 Å². The zero-order valence-electron chi connectivity index (χ0n) is 22.7. The molecule has 0 saturated carbocycles. The first-order valence-corrected chi connectivity index (χ1v) is 14.1. The third-order valence-corrected chi connectivity index (χ3v) is 7.58. The molecule has 1 saturated heterocycles. The van der Waals surface area contributed by atoms with Gasteiger partial charge in [-0.2, -0.15) is 10.5 Å². The van der Waals surface area contributed by atoms with Gasteiger partial charge in [0.05, 0.1) is 23.3 Å². The molecule has 0 bridgehead atoms. The number of rotatable bonds is 4. The van der Waals surface area contributed by atoms with Crippen LogP contribution in [0.4, 0.5) is 4.79 Å². The molecule has 44 heavy (non-hydrogen) atoms. The lowest BCUT2D eigenvalue weighted by Crippen LogP contribution is -2.29. The fourth-order valence-corrected chi connectivity index (χ4v) is 5.17. The van der Waals surface area contributed by atoms with Gasteiger partial charge < -0.3 is 9.64 Å². The lowest BCUT2D eigenvalue weighted by Gasteiger charge is -2.29. The summed E-state index contributed by atoms with van der Waals surface area (Å²) in [5, 5.41) is 19.5. The molecular formula is C36H44Cl2N4O2. The number of carbonyl (C=O) groups is 1. The Hall–Kier alpha value is -4.07. The van der Waals surface area contributed by atoms with Crippen molar-refractivity contribution in [1.29, 1.82) is 10.5 Å². The number of amides is 1. The molecule has 3 aromatic carbocycles. The van der Waals surface area contributed by atoms with E-state index in [9.17, 15) is 10.1 Å². The summed E-state index contributed by atoms with van der Waals surface area (Å²) in [6.07, 6.45) is 8.79. The lowest BCUT2D eigenvalue weighted by molar-refractivity contribution is 0.121. The molecule has 3 aromatic rings. The number of nitriles is 2. The standard InChI is InChI=1S/C20H15ClN2O2.C13H15ClN2.3CH4.H2/c21-18-6-7-19(17(12-18)13-22)16-8-10-23(11-9-16)20(24)25-14-15-4-2-1-3-5-15;1-16-6-4-10(5-7-16)13-3-2-12(14)8-11(13)9-15;;;;/h1-12,16H,14H2;2-3,8,10H,4-7H2,1H3;3*1H4;1H. The van der Waals surface area contributed by atoms with Crippen LogP contribution in [0.25, 0.3) is 0 Å². The van der Waals surface area contributed by atoms with Crippen molar-refractivity contribution < 1.29 is 11.0 Å². The van der Waals surface area contributed by atoms with E-state index in [0.717, 1.165) is 42.6 Å². The Morgan fingerprint density at radius 2 is 1.39 bits per heavy atom. The highest BCUT2D eigenvalue weighted by atomic mass is 35.5. The number of likely N-dealkylation sites (tertiary alicyclic amines) is 1. The quantitative estimate of drug-likeness (QED) is 0.285. The van der Waals surface area contributed by atoms with Gasteiger partial charge in [-0.3, -0.25) is 4.90 Å². The van der Waals surface area contributed by atoms with Crippen molar-refractivity contribution in [2.24, 2.45) is 0 Å². The zero-order valence-corrected chi connectivity index (χ0v) is 24.2. The molecule has 0 radical (unpaired) electrons. The zero-order chi connectivity index (χ0) is 29.2. The maximum atomic E-state index is 12.1. The van der Waals surface area contributed by atoms with Gasteiger partial charge >= 0.3 is 6.09 Å². The van der Waals surface area contributed by atoms with E-state index in [-0.39, 0.29) is 36.2 Å². The Kier molecular flexibility index (Phi) is 16.0. The lowest BCUT2D eigenvalue weighted by atomic mass is 9.87. The van der Waals surface area contributed by atoms with Crippen LogP contribution in [0.3, 0.4) is 0 Å². The van der Waals surface area contributed by atoms with Crippen LogP contribution < -0.4 is 0 Å². The summed E-state index contributed by atoms with van der Waals surface area (Å²) in [6.45, 7) is 2.44. The minimum absolute atomic E-state index is 0. The second-order valence-electron chi connectivity index (χ2n) is 9.92. The molecule has 0 aromatic heterocycles. The number of piperidine rings is 1. The summed E-state index contributed by atoms with van der Waals surface area (Å²) in [5.74, 6) is 0.424. The van der Waals surface area contributed by atoms with E-state index in [1.807, 2.05) is 60.7 Å². The van der Waals surface area contributed by atoms with Crippen LogP contribution in [0, 0.1) is 22.7 Å². The Morgan fingerprint density at radius 3 is 1.93 bits per heavy atom. The monoisotopic (exact) mass is 634 g/mol. The van der Waals surface area contributed by atoms with Gasteiger partial charge in [0.15, 0.2) is 0 Å². The van der Waals surface area contributed by atoms with Crippen LogP contribution in [-0.2, 0) is 11.3 Å². The fourth-order valence-electron chi connectivity index (χ4n) is 4.82. The predicted molar refractivity (Wildman–Crippen MR) is 184 cm³/mol. The second-order valence-corrected chi connectivity index (χ2v) is 10.8. The summed E-state index contributed by atoms with van der Waals surface area (Å²) < 4.78 is 5.28.